The molecule has 2 heterocycles. The van der Waals surface area contributed by atoms with Crippen LogP contribution in [0, 0.1) is 0 Å². The lowest BCUT2D eigenvalue weighted by Gasteiger charge is -2.17. The summed E-state index contributed by atoms with van der Waals surface area (Å²) in [5, 5.41) is 5.13. The van der Waals surface area contributed by atoms with E-state index in [-0.39, 0.29) is 17.8 Å². The van der Waals surface area contributed by atoms with Crippen molar-refractivity contribution in [1.82, 2.24) is 15.0 Å². The molecular formula is C18H13F6N5. The number of hydrogen-bond donors (Lipinski definition) is 2. The maximum absolute atomic E-state index is 13.3. The summed E-state index contributed by atoms with van der Waals surface area (Å²) < 4.78 is 78.5. The lowest BCUT2D eigenvalue weighted by molar-refractivity contribution is -0.142. The second kappa shape index (κ2) is 7.57. The first-order valence-electron chi connectivity index (χ1n) is 8.10. The Labute approximate surface area is 160 Å². The number of halogens is 6. The number of rotatable bonds is 4. The summed E-state index contributed by atoms with van der Waals surface area (Å²) in [5.41, 5.74) is -2.48. The normalized spacial score (nSPS) is 12.0. The van der Waals surface area contributed by atoms with Gasteiger partial charge in [-0.2, -0.15) is 31.3 Å². The first-order chi connectivity index (χ1) is 13.6. The first-order valence-corrected chi connectivity index (χ1v) is 8.10. The van der Waals surface area contributed by atoms with Gasteiger partial charge < -0.3 is 10.6 Å². The number of aromatic nitrogens is 3. The molecule has 0 unspecified atom stereocenters. The zero-order chi connectivity index (χ0) is 21.2. The Kier molecular flexibility index (Phi) is 5.31. The summed E-state index contributed by atoms with van der Waals surface area (Å²) in [7, 11) is 1.52. The van der Waals surface area contributed by atoms with Crippen LogP contribution >= 0.6 is 0 Å². The number of benzene rings is 1. The Hall–Kier alpha value is -3.37. The molecule has 5 nitrogen and oxygen atoms in total. The van der Waals surface area contributed by atoms with Crippen molar-refractivity contribution in [2.75, 3.05) is 17.7 Å². The van der Waals surface area contributed by atoms with Gasteiger partial charge in [0.15, 0.2) is 0 Å². The fraction of sp³-hybridized carbons (Fsp3) is 0.167. The van der Waals surface area contributed by atoms with E-state index in [2.05, 4.69) is 25.6 Å². The molecule has 0 fully saturated rings. The number of alkyl halides is 6. The number of nitrogens with one attached hydrogen (secondary N) is 2. The van der Waals surface area contributed by atoms with E-state index < -0.39 is 29.2 Å². The van der Waals surface area contributed by atoms with Gasteiger partial charge in [0, 0.05) is 31.1 Å². The smallest absolute Gasteiger partial charge is 0.357 e. The molecule has 0 atom stereocenters. The standard InChI is InChI=1S/C18H13F6N5/c1-25-16-28-14(10-3-2-6-26-9-10)8-15(29-16)27-13-5-4-11(17(19,20)21)7-12(13)18(22,23)24/h2-9H,1H3,(H2,25,27,28,29). The Morgan fingerprint density at radius 1 is 0.897 bits per heavy atom. The van der Waals surface area contributed by atoms with Crippen LogP contribution in [0.15, 0.2) is 48.8 Å². The minimum absolute atomic E-state index is 0.0338. The third-order valence-electron chi connectivity index (χ3n) is 3.82. The fourth-order valence-electron chi connectivity index (χ4n) is 2.49. The molecule has 0 radical (unpaired) electrons. The van der Waals surface area contributed by atoms with Gasteiger partial charge in [-0.1, -0.05) is 0 Å². The highest BCUT2D eigenvalue weighted by Gasteiger charge is 2.38. The van der Waals surface area contributed by atoms with Crippen LogP contribution in [0.3, 0.4) is 0 Å². The van der Waals surface area contributed by atoms with Crippen molar-refractivity contribution in [2.24, 2.45) is 0 Å². The maximum atomic E-state index is 13.3. The molecule has 0 aliphatic carbocycles. The molecule has 11 heteroatoms. The summed E-state index contributed by atoms with van der Waals surface area (Å²) in [6, 6.07) is 6.07. The monoisotopic (exact) mass is 413 g/mol. The number of nitrogens with zero attached hydrogens (tertiary/aromatic N) is 3. The molecule has 1 aromatic carbocycles. The maximum Gasteiger partial charge on any atom is 0.418 e. The zero-order valence-corrected chi connectivity index (χ0v) is 14.7. The van der Waals surface area contributed by atoms with Gasteiger partial charge in [0.1, 0.15) is 5.82 Å². The van der Waals surface area contributed by atoms with Gasteiger partial charge in [0.2, 0.25) is 5.95 Å². The molecule has 0 saturated carbocycles. The molecule has 0 aliphatic rings. The molecule has 2 aromatic heterocycles. The van der Waals surface area contributed by atoms with Crippen LogP contribution in [0.25, 0.3) is 11.3 Å². The van der Waals surface area contributed by atoms with Crippen molar-refractivity contribution in [3.05, 3.63) is 59.9 Å². The second-order valence-electron chi connectivity index (χ2n) is 5.83. The van der Waals surface area contributed by atoms with Gasteiger partial charge in [0.05, 0.1) is 22.5 Å². The van der Waals surface area contributed by atoms with E-state index in [1.807, 2.05) is 0 Å². The quantitative estimate of drug-likeness (QED) is 0.564. The van der Waals surface area contributed by atoms with E-state index in [9.17, 15) is 26.3 Å². The summed E-state index contributed by atoms with van der Waals surface area (Å²) in [6.45, 7) is 0. The molecule has 29 heavy (non-hydrogen) atoms. The van der Waals surface area contributed by atoms with Crippen LogP contribution in [0.1, 0.15) is 11.1 Å². The van der Waals surface area contributed by atoms with Crippen LogP contribution < -0.4 is 10.6 Å². The summed E-state index contributed by atoms with van der Waals surface area (Å²) >= 11 is 0. The van der Waals surface area contributed by atoms with E-state index >= 15 is 0 Å². The molecule has 3 rings (SSSR count). The average molecular weight is 413 g/mol. The third kappa shape index (κ3) is 4.73. The Morgan fingerprint density at radius 3 is 2.24 bits per heavy atom. The summed E-state index contributed by atoms with van der Waals surface area (Å²) in [6.07, 6.45) is -6.86. The fourth-order valence-corrected chi connectivity index (χ4v) is 2.49. The van der Waals surface area contributed by atoms with Crippen molar-refractivity contribution in [1.29, 1.82) is 0 Å². The summed E-state index contributed by atoms with van der Waals surface area (Å²) in [4.78, 5) is 12.2. The highest BCUT2D eigenvalue weighted by Crippen LogP contribution is 2.40. The first kappa shape index (κ1) is 20.4. The van der Waals surface area contributed by atoms with Gasteiger partial charge in [-0.25, -0.2) is 4.98 Å². The molecule has 0 aliphatic heterocycles. The number of pyridine rings is 1. The minimum atomic E-state index is -5.01. The Balaban J connectivity index is 2.06. The van der Waals surface area contributed by atoms with Gasteiger partial charge in [-0.15, -0.1) is 0 Å². The largest absolute Gasteiger partial charge is 0.418 e. The molecular weight excluding hydrogens is 400 g/mol. The molecule has 0 saturated heterocycles. The van der Waals surface area contributed by atoms with Crippen LogP contribution in [0.4, 0.5) is 43.8 Å². The van der Waals surface area contributed by atoms with Gasteiger partial charge in [0.25, 0.3) is 0 Å². The molecule has 152 valence electrons. The predicted molar refractivity (Wildman–Crippen MR) is 94.5 cm³/mol. The Morgan fingerprint density at radius 2 is 1.66 bits per heavy atom. The van der Waals surface area contributed by atoms with Crippen LogP contribution in [0.5, 0.6) is 0 Å². The van der Waals surface area contributed by atoms with Gasteiger partial charge in [-0.05, 0) is 30.3 Å². The highest BCUT2D eigenvalue weighted by molar-refractivity contribution is 5.68. The van der Waals surface area contributed by atoms with Crippen LogP contribution in [-0.2, 0) is 12.4 Å². The van der Waals surface area contributed by atoms with Crippen molar-refractivity contribution in [2.45, 2.75) is 12.4 Å². The van der Waals surface area contributed by atoms with Gasteiger partial charge >= 0.3 is 12.4 Å². The van der Waals surface area contributed by atoms with E-state index in [1.54, 1.807) is 18.3 Å². The predicted octanol–water partition coefficient (Wildman–Crippen LogP) is 5.36. The second-order valence-corrected chi connectivity index (χ2v) is 5.83. The van der Waals surface area contributed by atoms with Gasteiger partial charge in [-0.3, -0.25) is 4.98 Å². The topological polar surface area (TPSA) is 62.7 Å². The van der Waals surface area contributed by atoms with E-state index in [4.69, 9.17) is 0 Å². The SMILES string of the molecule is CNc1nc(Nc2ccc(C(F)(F)F)cc2C(F)(F)F)cc(-c2cccnc2)n1. The average Bonchev–Trinajstić information content (AvgIpc) is 2.67. The molecule has 0 amide bonds. The van der Waals surface area contributed by atoms with E-state index in [1.165, 1.54) is 19.3 Å². The lowest BCUT2D eigenvalue weighted by atomic mass is 10.1. The van der Waals surface area contributed by atoms with E-state index in [0.29, 0.717) is 17.3 Å². The van der Waals surface area contributed by atoms with Crippen molar-refractivity contribution in [3.8, 4) is 11.3 Å². The van der Waals surface area contributed by atoms with Crippen molar-refractivity contribution < 1.29 is 26.3 Å². The highest BCUT2D eigenvalue weighted by atomic mass is 19.4. The number of anilines is 3. The molecule has 3 aromatic rings. The van der Waals surface area contributed by atoms with E-state index in [0.717, 1.165) is 6.07 Å². The summed E-state index contributed by atoms with van der Waals surface area (Å²) in [5.74, 6) is 0.0720. The minimum Gasteiger partial charge on any atom is -0.357 e. The number of hydrogen-bond acceptors (Lipinski definition) is 5. The molecule has 0 spiro atoms. The third-order valence-corrected chi connectivity index (χ3v) is 3.82. The molecule has 0 bridgehead atoms. The lowest BCUT2D eigenvalue weighted by Crippen LogP contribution is -2.13. The Bertz CT molecular complexity index is 1000. The van der Waals surface area contributed by atoms with Crippen LogP contribution in [-0.4, -0.2) is 22.0 Å². The van der Waals surface area contributed by atoms with Crippen molar-refractivity contribution in [3.63, 3.8) is 0 Å². The van der Waals surface area contributed by atoms with Crippen molar-refractivity contribution >= 4 is 17.5 Å². The van der Waals surface area contributed by atoms with Crippen LogP contribution in [0.2, 0.25) is 0 Å². The zero-order valence-electron chi connectivity index (χ0n) is 14.7. The molecule has 2 N–H and O–H groups in total.